The highest BCUT2D eigenvalue weighted by atomic mass is 16.4. The third kappa shape index (κ3) is 3.63. The summed E-state index contributed by atoms with van der Waals surface area (Å²) < 4.78 is 5.18. The molecule has 2 aromatic rings. The van der Waals surface area contributed by atoms with E-state index in [-0.39, 0.29) is 5.56 Å². The first-order valence-corrected chi connectivity index (χ1v) is 6.83. The molecular weight excluding hydrogens is 254 g/mol. The molecule has 0 unspecified atom stereocenters. The zero-order valence-corrected chi connectivity index (χ0v) is 11.6. The molecule has 4 heteroatoms. The Morgan fingerprint density at radius 3 is 2.65 bits per heavy atom. The number of benzene rings is 1. The summed E-state index contributed by atoms with van der Waals surface area (Å²) in [7, 11) is 0. The van der Waals surface area contributed by atoms with Crippen LogP contribution in [0, 0.1) is 0 Å². The van der Waals surface area contributed by atoms with E-state index in [9.17, 15) is 4.79 Å². The van der Waals surface area contributed by atoms with Crippen LogP contribution in [-0.2, 0) is 13.0 Å². The van der Waals surface area contributed by atoms with Crippen LogP contribution in [0.25, 0.3) is 0 Å². The molecule has 106 valence electrons. The Kier molecular flexibility index (Phi) is 4.82. The highest BCUT2D eigenvalue weighted by molar-refractivity contribution is 5.88. The van der Waals surface area contributed by atoms with Gasteiger partial charge in [-0.1, -0.05) is 25.5 Å². The van der Waals surface area contributed by atoms with Crippen LogP contribution in [0.3, 0.4) is 0 Å². The summed E-state index contributed by atoms with van der Waals surface area (Å²) in [6.07, 6.45) is 4.88. The number of aryl methyl sites for hydroxylation is 1. The highest BCUT2D eigenvalue weighted by Gasteiger charge is 2.12. The maximum atomic E-state index is 11.0. The number of rotatable bonds is 7. The monoisotopic (exact) mass is 273 g/mol. The van der Waals surface area contributed by atoms with Crippen molar-refractivity contribution in [1.29, 1.82) is 0 Å². The number of anilines is 1. The standard InChI is InChI=1S/C16H19NO3/c1-2-3-4-12-5-7-13(8-6-12)17-11-15-14(16(18)19)9-10-20-15/h5-10,17H,2-4,11H2,1H3,(H,18,19). The van der Waals surface area contributed by atoms with E-state index in [1.807, 2.05) is 12.1 Å². The summed E-state index contributed by atoms with van der Waals surface area (Å²) in [5.41, 5.74) is 2.48. The fourth-order valence-corrected chi connectivity index (χ4v) is 2.02. The van der Waals surface area contributed by atoms with Gasteiger partial charge in [-0.15, -0.1) is 0 Å². The van der Waals surface area contributed by atoms with Crippen molar-refractivity contribution >= 4 is 11.7 Å². The molecule has 0 aliphatic heterocycles. The zero-order valence-electron chi connectivity index (χ0n) is 11.6. The van der Waals surface area contributed by atoms with E-state index in [0.29, 0.717) is 12.3 Å². The Hall–Kier alpha value is -2.23. The predicted molar refractivity (Wildman–Crippen MR) is 78.0 cm³/mol. The van der Waals surface area contributed by atoms with Crippen molar-refractivity contribution < 1.29 is 14.3 Å². The molecule has 0 amide bonds. The van der Waals surface area contributed by atoms with E-state index in [4.69, 9.17) is 9.52 Å². The van der Waals surface area contributed by atoms with Gasteiger partial charge in [0.2, 0.25) is 0 Å². The van der Waals surface area contributed by atoms with E-state index < -0.39 is 5.97 Å². The molecule has 0 saturated carbocycles. The number of aromatic carboxylic acids is 1. The van der Waals surface area contributed by atoms with Gasteiger partial charge in [0.1, 0.15) is 11.3 Å². The number of furan rings is 1. The number of nitrogens with one attached hydrogen (secondary N) is 1. The van der Waals surface area contributed by atoms with Crippen LogP contribution in [0.15, 0.2) is 41.0 Å². The van der Waals surface area contributed by atoms with Crippen LogP contribution in [0.5, 0.6) is 0 Å². The number of carbonyl (C=O) groups is 1. The second-order valence-corrected chi connectivity index (χ2v) is 4.72. The number of hydrogen-bond acceptors (Lipinski definition) is 3. The average molecular weight is 273 g/mol. The van der Waals surface area contributed by atoms with Crippen LogP contribution in [0.4, 0.5) is 5.69 Å². The average Bonchev–Trinajstić information content (AvgIpc) is 2.92. The maximum Gasteiger partial charge on any atom is 0.339 e. The third-order valence-corrected chi connectivity index (χ3v) is 3.20. The minimum atomic E-state index is -0.967. The number of carboxylic acid groups (broad SMARTS) is 1. The normalized spacial score (nSPS) is 10.4. The zero-order chi connectivity index (χ0) is 14.4. The van der Waals surface area contributed by atoms with Gasteiger partial charge >= 0.3 is 5.97 Å². The molecule has 0 spiro atoms. The summed E-state index contributed by atoms with van der Waals surface area (Å²) in [6, 6.07) is 9.67. The summed E-state index contributed by atoms with van der Waals surface area (Å²) >= 11 is 0. The van der Waals surface area contributed by atoms with Crippen molar-refractivity contribution in [1.82, 2.24) is 0 Å². The van der Waals surface area contributed by atoms with Gasteiger partial charge < -0.3 is 14.8 Å². The van der Waals surface area contributed by atoms with Crippen LogP contribution in [-0.4, -0.2) is 11.1 Å². The molecule has 0 saturated heterocycles. The molecule has 2 N–H and O–H groups in total. The summed E-state index contributed by atoms with van der Waals surface area (Å²) in [5, 5.41) is 12.2. The molecule has 1 aromatic carbocycles. The van der Waals surface area contributed by atoms with Gasteiger partial charge in [-0.2, -0.15) is 0 Å². The van der Waals surface area contributed by atoms with E-state index >= 15 is 0 Å². The molecule has 0 aliphatic rings. The summed E-state index contributed by atoms with van der Waals surface area (Å²) in [4.78, 5) is 11.0. The largest absolute Gasteiger partial charge is 0.478 e. The first-order chi connectivity index (χ1) is 9.70. The third-order valence-electron chi connectivity index (χ3n) is 3.20. The topological polar surface area (TPSA) is 62.5 Å². The number of unbranched alkanes of at least 4 members (excludes halogenated alkanes) is 1. The molecule has 0 aliphatic carbocycles. The molecule has 20 heavy (non-hydrogen) atoms. The first kappa shape index (κ1) is 14.2. The lowest BCUT2D eigenvalue weighted by Crippen LogP contribution is -2.04. The smallest absolute Gasteiger partial charge is 0.339 e. The molecule has 0 atom stereocenters. The lowest BCUT2D eigenvalue weighted by molar-refractivity contribution is 0.0694. The van der Waals surface area contributed by atoms with Gasteiger partial charge in [0.15, 0.2) is 0 Å². The Bertz CT molecular complexity index is 557. The van der Waals surface area contributed by atoms with Crippen LogP contribution in [0.1, 0.15) is 41.4 Å². The SMILES string of the molecule is CCCCc1ccc(NCc2occc2C(=O)O)cc1. The van der Waals surface area contributed by atoms with Gasteiger partial charge in [0, 0.05) is 5.69 Å². The van der Waals surface area contributed by atoms with Gasteiger partial charge in [-0.25, -0.2) is 4.79 Å². The molecule has 0 bridgehead atoms. The van der Waals surface area contributed by atoms with Gasteiger partial charge in [0.25, 0.3) is 0 Å². The lowest BCUT2D eigenvalue weighted by Gasteiger charge is -2.06. The van der Waals surface area contributed by atoms with E-state index in [1.54, 1.807) is 0 Å². The Labute approximate surface area is 118 Å². The van der Waals surface area contributed by atoms with Crippen molar-refractivity contribution in [3.8, 4) is 0 Å². The quantitative estimate of drug-likeness (QED) is 0.802. The molecule has 1 aromatic heterocycles. The molecule has 2 rings (SSSR count). The molecule has 0 radical (unpaired) electrons. The number of hydrogen-bond donors (Lipinski definition) is 2. The Morgan fingerprint density at radius 1 is 1.25 bits per heavy atom. The second-order valence-electron chi connectivity index (χ2n) is 4.72. The summed E-state index contributed by atoms with van der Waals surface area (Å²) in [5.74, 6) is -0.530. The van der Waals surface area contributed by atoms with Gasteiger partial charge in [-0.3, -0.25) is 0 Å². The molecule has 1 heterocycles. The fourth-order valence-electron chi connectivity index (χ4n) is 2.02. The first-order valence-electron chi connectivity index (χ1n) is 6.83. The van der Waals surface area contributed by atoms with Gasteiger partial charge in [0.05, 0.1) is 12.8 Å². The summed E-state index contributed by atoms with van der Waals surface area (Å²) in [6.45, 7) is 2.54. The van der Waals surface area contributed by atoms with Crippen molar-refractivity contribution in [2.45, 2.75) is 32.7 Å². The lowest BCUT2D eigenvalue weighted by atomic mass is 10.1. The van der Waals surface area contributed by atoms with E-state index in [2.05, 4.69) is 24.4 Å². The van der Waals surface area contributed by atoms with Crippen molar-refractivity contribution in [3.05, 3.63) is 53.5 Å². The van der Waals surface area contributed by atoms with E-state index in [1.165, 1.54) is 30.7 Å². The minimum absolute atomic E-state index is 0.206. The van der Waals surface area contributed by atoms with Crippen molar-refractivity contribution in [2.24, 2.45) is 0 Å². The van der Waals surface area contributed by atoms with Crippen LogP contribution >= 0.6 is 0 Å². The van der Waals surface area contributed by atoms with Crippen LogP contribution < -0.4 is 5.32 Å². The van der Waals surface area contributed by atoms with Gasteiger partial charge in [-0.05, 0) is 36.6 Å². The highest BCUT2D eigenvalue weighted by Crippen LogP contribution is 2.15. The molecular formula is C16H19NO3. The van der Waals surface area contributed by atoms with E-state index in [0.717, 1.165) is 12.1 Å². The molecule has 4 nitrogen and oxygen atoms in total. The Balaban J connectivity index is 1.93. The predicted octanol–water partition coefficient (Wildman–Crippen LogP) is 3.93. The van der Waals surface area contributed by atoms with Crippen molar-refractivity contribution in [3.63, 3.8) is 0 Å². The second kappa shape index (κ2) is 6.80. The molecule has 0 fully saturated rings. The Morgan fingerprint density at radius 2 is 2.00 bits per heavy atom. The minimum Gasteiger partial charge on any atom is -0.478 e. The fraction of sp³-hybridized carbons (Fsp3) is 0.312. The van der Waals surface area contributed by atoms with Crippen molar-refractivity contribution in [2.75, 3.05) is 5.32 Å². The van der Waals surface area contributed by atoms with Crippen LogP contribution in [0.2, 0.25) is 0 Å². The number of carboxylic acids is 1. The maximum absolute atomic E-state index is 11.0.